The van der Waals surface area contributed by atoms with Gasteiger partial charge in [0.15, 0.2) is 0 Å². The van der Waals surface area contributed by atoms with Crippen molar-refractivity contribution in [2.24, 2.45) is 0 Å². The number of benzene rings is 1. The maximum Gasteiger partial charge on any atom is 0.225 e. The molecule has 0 aliphatic rings. The van der Waals surface area contributed by atoms with Gasteiger partial charge in [-0.2, -0.15) is 0 Å². The Hall–Kier alpha value is -1.82. The van der Waals surface area contributed by atoms with Crippen molar-refractivity contribution in [3.05, 3.63) is 41.7 Å². The van der Waals surface area contributed by atoms with Crippen LogP contribution in [-0.4, -0.2) is 31.2 Å². The lowest BCUT2D eigenvalue weighted by Crippen LogP contribution is -2.11. The topological polar surface area (TPSA) is 72.1 Å². The lowest BCUT2D eigenvalue weighted by atomic mass is 10.2. The Balaban J connectivity index is 2.04. The van der Waals surface area contributed by atoms with Crippen molar-refractivity contribution in [1.29, 1.82) is 0 Å². The largest absolute Gasteiger partial charge is 0.497 e. The molecule has 1 N–H and O–H groups in total. The lowest BCUT2D eigenvalue weighted by Gasteiger charge is -2.04. The van der Waals surface area contributed by atoms with Gasteiger partial charge in [0.1, 0.15) is 5.75 Å². The highest BCUT2D eigenvalue weighted by molar-refractivity contribution is 7.91. The van der Waals surface area contributed by atoms with Crippen molar-refractivity contribution in [2.45, 2.75) is 24.9 Å². The van der Waals surface area contributed by atoms with E-state index in [1.54, 1.807) is 13.3 Å². The monoisotopic (exact) mass is 294 g/mol. The number of nitrogens with zero attached hydrogens (tertiary/aromatic N) is 1. The summed E-state index contributed by atoms with van der Waals surface area (Å²) in [6.07, 6.45) is 2.76. The van der Waals surface area contributed by atoms with Crippen LogP contribution < -0.4 is 4.74 Å². The highest BCUT2D eigenvalue weighted by Crippen LogP contribution is 2.14. The predicted molar refractivity (Wildman–Crippen MR) is 76.7 cm³/mol. The maximum absolute atomic E-state index is 12.1. The van der Waals surface area contributed by atoms with Crippen LogP contribution >= 0.6 is 0 Å². The predicted octanol–water partition coefficient (Wildman–Crippen LogP) is 2.00. The third kappa shape index (κ3) is 3.39. The first-order valence-electron chi connectivity index (χ1n) is 6.44. The molecule has 20 heavy (non-hydrogen) atoms. The van der Waals surface area contributed by atoms with E-state index in [0.29, 0.717) is 6.42 Å². The van der Waals surface area contributed by atoms with Crippen molar-refractivity contribution in [3.8, 4) is 5.75 Å². The van der Waals surface area contributed by atoms with Crippen molar-refractivity contribution >= 4 is 9.84 Å². The molecule has 1 heterocycles. The zero-order chi connectivity index (χ0) is 14.6. The van der Waals surface area contributed by atoms with Crippen molar-refractivity contribution in [2.75, 3.05) is 12.9 Å². The second-order valence-corrected chi connectivity index (χ2v) is 6.51. The van der Waals surface area contributed by atoms with E-state index in [-0.39, 0.29) is 10.9 Å². The first-order chi connectivity index (χ1) is 9.55. The van der Waals surface area contributed by atoms with Gasteiger partial charge in [-0.1, -0.05) is 19.1 Å². The maximum atomic E-state index is 12.1. The van der Waals surface area contributed by atoms with Crippen LogP contribution in [0.4, 0.5) is 0 Å². The summed E-state index contributed by atoms with van der Waals surface area (Å²) in [6.45, 7) is 1.95. The van der Waals surface area contributed by atoms with E-state index in [4.69, 9.17) is 4.74 Å². The third-order valence-electron chi connectivity index (χ3n) is 3.10. The summed E-state index contributed by atoms with van der Waals surface area (Å²) in [5.41, 5.74) is 1.78. The molecular formula is C14H18N2O3S. The first kappa shape index (κ1) is 14.6. The number of aryl methyl sites for hydroxylation is 2. The molecule has 0 fully saturated rings. The number of rotatable bonds is 6. The van der Waals surface area contributed by atoms with Gasteiger partial charge < -0.3 is 9.72 Å². The summed E-state index contributed by atoms with van der Waals surface area (Å²) in [5, 5.41) is 0.0582. The van der Waals surface area contributed by atoms with Gasteiger partial charge in [0, 0.05) is 11.9 Å². The van der Waals surface area contributed by atoms with Gasteiger partial charge in [0.05, 0.1) is 12.9 Å². The average Bonchev–Trinajstić information content (AvgIpc) is 2.95. The van der Waals surface area contributed by atoms with Gasteiger partial charge in [-0.05, 0) is 30.5 Å². The van der Waals surface area contributed by atoms with Crippen LogP contribution in [0.25, 0.3) is 0 Å². The fraction of sp³-hybridized carbons (Fsp3) is 0.357. The first-order valence-corrected chi connectivity index (χ1v) is 8.10. The fourth-order valence-corrected chi connectivity index (χ4v) is 3.01. The van der Waals surface area contributed by atoms with Crippen LogP contribution in [0.15, 0.2) is 35.6 Å². The number of hydrogen-bond acceptors (Lipinski definition) is 4. The minimum Gasteiger partial charge on any atom is -0.497 e. The van der Waals surface area contributed by atoms with E-state index in [9.17, 15) is 8.42 Å². The Morgan fingerprint density at radius 3 is 2.50 bits per heavy atom. The van der Waals surface area contributed by atoms with E-state index in [1.807, 2.05) is 31.2 Å². The highest BCUT2D eigenvalue weighted by Gasteiger charge is 2.18. The number of H-pyrrole nitrogens is 1. The summed E-state index contributed by atoms with van der Waals surface area (Å²) in [5.74, 6) is 0.797. The van der Waals surface area contributed by atoms with E-state index >= 15 is 0 Å². The number of sulfone groups is 1. The smallest absolute Gasteiger partial charge is 0.225 e. The minimum absolute atomic E-state index is 0.0377. The molecule has 2 aromatic rings. The van der Waals surface area contributed by atoms with E-state index in [1.165, 1.54) is 0 Å². The van der Waals surface area contributed by atoms with Gasteiger partial charge >= 0.3 is 0 Å². The Morgan fingerprint density at radius 2 is 1.95 bits per heavy atom. The molecule has 0 aliphatic heterocycles. The van der Waals surface area contributed by atoms with Gasteiger partial charge in [0.2, 0.25) is 15.0 Å². The van der Waals surface area contributed by atoms with E-state index in [2.05, 4.69) is 9.97 Å². The van der Waals surface area contributed by atoms with Crippen molar-refractivity contribution in [3.63, 3.8) is 0 Å². The standard InChI is InChI=1S/C14H18N2O3S/c1-3-12-10-15-14(16-12)20(17,18)9-8-11-4-6-13(19-2)7-5-11/h4-7,10H,3,8-9H2,1-2H3,(H,15,16). The van der Waals surface area contributed by atoms with Crippen LogP contribution in [0.1, 0.15) is 18.2 Å². The van der Waals surface area contributed by atoms with E-state index < -0.39 is 9.84 Å². The van der Waals surface area contributed by atoms with Gasteiger partial charge in [0.25, 0.3) is 0 Å². The zero-order valence-electron chi connectivity index (χ0n) is 11.6. The van der Waals surface area contributed by atoms with Crippen molar-refractivity contribution in [1.82, 2.24) is 9.97 Å². The molecule has 5 nitrogen and oxygen atoms in total. The minimum atomic E-state index is -3.36. The van der Waals surface area contributed by atoms with Gasteiger partial charge in [-0.25, -0.2) is 13.4 Å². The highest BCUT2D eigenvalue weighted by atomic mass is 32.2. The van der Waals surface area contributed by atoms with Crippen LogP contribution in [0.2, 0.25) is 0 Å². The van der Waals surface area contributed by atoms with Gasteiger partial charge in [-0.3, -0.25) is 0 Å². The van der Waals surface area contributed by atoms with Crippen LogP contribution in [0.5, 0.6) is 5.75 Å². The Bertz CT molecular complexity index is 660. The second-order valence-electron chi connectivity index (χ2n) is 4.48. The molecule has 0 radical (unpaired) electrons. The molecule has 0 saturated heterocycles. The number of nitrogens with one attached hydrogen (secondary N) is 1. The molecule has 108 valence electrons. The SMILES string of the molecule is CCc1cnc(S(=O)(=O)CCc2ccc(OC)cc2)[nH]1. The summed E-state index contributed by atoms with van der Waals surface area (Å²) in [7, 11) is -1.76. The number of aromatic amines is 1. The Labute approximate surface area is 118 Å². The molecule has 0 unspecified atom stereocenters. The number of imidazole rings is 1. The molecule has 0 spiro atoms. The summed E-state index contributed by atoms with van der Waals surface area (Å²) >= 11 is 0. The Morgan fingerprint density at radius 1 is 1.25 bits per heavy atom. The molecular weight excluding hydrogens is 276 g/mol. The van der Waals surface area contributed by atoms with Crippen molar-refractivity contribution < 1.29 is 13.2 Å². The number of aromatic nitrogens is 2. The molecule has 0 atom stereocenters. The van der Waals surface area contributed by atoms with Crippen LogP contribution in [0.3, 0.4) is 0 Å². The molecule has 0 saturated carbocycles. The second kappa shape index (κ2) is 6.09. The average molecular weight is 294 g/mol. The normalized spacial score (nSPS) is 11.5. The Kier molecular flexibility index (Phi) is 4.44. The fourth-order valence-electron chi connectivity index (χ4n) is 1.82. The molecule has 0 bridgehead atoms. The zero-order valence-corrected chi connectivity index (χ0v) is 12.4. The molecule has 6 heteroatoms. The molecule has 1 aromatic carbocycles. The molecule has 0 amide bonds. The quantitative estimate of drug-likeness (QED) is 0.884. The lowest BCUT2D eigenvalue weighted by molar-refractivity contribution is 0.414. The number of ether oxygens (including phenoxy) is 1. The third-order valence-corrected chi connectivity index (χ3v) is 4.64. The molecule has 0 aliphatic carbocycles. The van der Waals surface area contributed by atoms with Crippen LogP contribution in [-0.2, 0) is 22.7 Å². The summed E-state index contributed by atoms with van der Waals surface area (Å²) < 4.78 is 29.3. The van der Waals surface area contributed by atoms with Gasteiger partial charge in [-0.15, -0.1) is 0 Å². The summed E-state index contributed by atoms with van der Waals surface area (Å²) in [6, 6.07) is 7.38. The van der Waals surface area contributed by atoms with E-state index in [0.717, 1.165) is 23.4 Å². The molecule has 2 rings (SSSR count). The summed E-state index contributed by atoms with van der Waals surface area (Å²) in [4.78, 5) is 6.77. The molecule has 1 aromatic heterocycles. The number of hydrogen-bond donors (Lipinski definition) is 1. The number of methoxy groups -OCH3 is 1. The van der Waals surface area contributed by atoms with Crippen LogP contribution in [0, 0.1) is 0 Å².